The normalized spacial score (nSPS) is 11.3. The number of hydrogen-bond acceptors (Lipinski definition) is 4. The van der Waals surface area contributed by atoms with Crippen molar-refractivity contribution < 1.29 is 31.1 Å². The molecule has 0 fully saturated rings. The standard InChI is InChI=1S/C25H31N4O2.BrH/c1-25(2,3)23(30)18-28-14-15-29(24(28)20-8-7-9-22(16-20)31-6)26-17-19-10-12-21(13-11-19)27(4)5;/h7-17H,18H2,1-6H3;1H/q+1;/p-1/b26-17+;. The number of ether oxygens (including phenoxy) is 1. The number of halogens is 1. The Balaban J connectivity index is 0.00000363. The number of hydrogen-bond donors (Lipinski definition) is 0. The summed E-state index contributed by atoms with van der Waals surface area (Å²) in [4.78, 5) is 14.8. The minimum Gasteiger partial charge on any atom is -1.00 e. The number of aromatic nitrogens is 2. The van der Waals surface area contributed by atoms with Gasteiger partial charge in [0.05, 0.1) is 18.9 Å². The first-order chi connectivity index (χ1) is 14.7. The van der Waals surface area contributed by atoms with E-state index in [1.54, 1.807) is 11.8 Å². The molecule has 0 radical (unpaired) electrons. The van der Waals surface area contributed by atoms with Gasteiger partial charge in [-0.2, -0.15) is 0 Å². The molecule has 0 amide bonds. The number of benzene rings is 2. The fourth-order valence-corrected chi connectivity index (χ4v) is 3.08. The lowest BCUT2D eigenvalue weighted by molar-refractivity contribution is -0.673. The monoisotopic (exact) mass is 498 g/mol. The van der Waals surface area contributed by atoms with Crippen molar-refractivity contribution in [3.05, 3.63) is 66.5 Å². The Morgan fingerprint density at radius 3 is 2.44 bits per heavy atom. The molecule has 3 rings (SSSR count). The van der Waals surface area contributed by atoms with Crippen molar-refractivity contribution in [2.24, 2.45) is 10.5 Å². The van der Waals surface area contributed by atoms with E-state index < -0.39 is 5.41 Å². The summed E-state index contributed by atoms with van der Waals surface area (Å²) in [6, 6.07) is 16.0. The maximum atomic E-state index is 12.7. The molecule has 0 bridgehead atoms. The minimum atomic E-state index is -0.418. The highest BCUT2D eigenvalue weighted by Crippen LogP contribution is 2.23. The fraction of sp³-hybridized carbons (Fsp3) is 0.320. The SMILES string of the molecule is COc1cccc(-c2n(/N=C/c3ccc(N(C)C)cc3)cc[n+]2CC(=O)C(C)(C)C)c1.[Br-]. The van der Waals surface area contributed by atoms with Crippen LogP contribution in [0.4, 0.5) is 5.69 Å². The van der Waals surface area contributed by atoms with Crippen LogP contribution in [0.1, 0.15) is 26.3 Å². The molecule has 2 aromatic carbocycles. The number of imidazole rings is 1. The summed E-state index contributed by atoms with van der Waals surface area (Å²) in [6.07, 6.45) is 5.58. The largest absolute Gasteiger partial charge is 1.00 e. The van der Waals surface area contributed by atoms with E-state index in [0.29, 0.717) is 0 Å². The number of ketones is 1. The zero-order valence-electron chi connectivity index (χ0n) is 19.5. The summed E-state index contributed by atoms with van der Waals surface area (Å²) >= 11 is 0. The van der Waals surface area contributed by atoms with E-state index in [9.17, 15) is 4.79 Å². The third kappa shape index (κ3) is 6.07. The number of methoxy groups -OCH3 is 1. The second kappa shape index (κ2) is 10.6. The number of anilines is 1. The van der Waals surface area contributed by atoms with E-state index in [1.807, 2.05) is 94.4 Å². The summed E-state index contributed by atoms with van der Waals surface area (Å²) in [5, 5.41) is 4.68. The molecule has 7 heteroatoms. The van der Waals surface area contributed by atoms with Crippen LogP contribution in [0, 0.1) is 5.41 Å². The zero-order valence-corrected chi connectivity index (χ0v) is 21.1. The van der Waals surface area contributed by atoms with Crippen molar-refractivity contribution >= 4 is 17.7 Å². The summed E-state index contributed by atoms with van der Waals surface area (Å²) in [7, 11) is 5.67. The highest BCUT2D eigenvalue weighted by Gasteiger charge is 2.27. The Morgan fingerprint density at radius 1 is 1.16 bits per heavy atom. The van der Waals surface area contributed by atoms with Crippen LogP contribution < -0.4 is 31.2 Å². The van der Waals surface area contributed by atoms with Gasteiger partial charge in [0.1, 0.15) is 18.5 Å². The van der Waals surface area contributed by atoms with Gasteiger partial charge in [0.25, 0.3) is 0 Å². The van der Waals surface area contributed by atoms with Gasteiger partial charge >= 0.3 is 5.82 Å². The summed E-state index contributed by atoms with van der Waals surface area (Å²) < 4.78 is 9.14. The third-order valence-electron chi connectivity index (χ3n) is 5.10. The first-order valence-electron chi connectivity index (χ1n) is 10.3. The second-order valence-electron chi connectivity index (χ2n) is 8.73. The molecule has 3 aromatic rings. The lowest BCUT2D eigenvalue weighted by Gasteiger charge is -2.15. The predicted octanol–water partition coefficient (Wildman–Crippen LogP) is 1.02. The second-order valence-corrected chi connectivity index (χ2v) is 8.73. The maximum Gasteiger partial charge on any atom is 0.314 e. The van der Waals surface area contributed by atoms with Crippen molar-refractivity contribution in [3.8, 4) is 17.1 Å². The molecule has 1 aromatic heterocycles. The van der Waals surface area contributed by atoms with Gasteiger partial charge in [0.2, 0.25) is 0 Å². The van der Waals surface area contributed by atoms with Crippen molar-refractivity contribution in [2.75, 3.05) is 26.1 Å². The molecular formula is C25H31BrN4O2. The van der Waals surface area contributed by atoms with Gasteiger partial charge in [-0.1, -0.05) is 44.1 Å². The number of carbonyl (C=O) groups is 1. The third-order valence-corrected chi connectivity index (χ3v) is 5.10. The lowest BCUT2D eigenvalue weighted by Crippen LogP contribution is -3.00. The van der Waals surface area contributed by atoms with Crippen molar-refractivity contribution in [1.82, 2.24) is 4.68 Å². The smallest absolute Gasteiger partial charge is 0.314 e. The van der Waals surface area contributed by atoms with Gasteiger partial charge in [0, 0.05) is 25.2 Å². The average molecular weight is 499 g/mol. The molecule has 0 spiro atoms. The molecule has 32 heavy (non-hydrogen) atoms. The van der Waals surface area contributed by atoms with E-state index in [0.717, 1.165) is 28.4 Å². The molecule has 1 heterocycles. The molecule has 0 aliphatic heterocycles. The molecule has 0 aliphatic carbocycles. The van der Waals surface area contributed by atoms with Crippen molar-refractivity contribution in [2.45, 2.75) is 27.3 Å². The lowest BCUT2D eigenvalue weighted by atomic mass is 9.91. The topological polar surface area (TPSA) is 50.7 Å². The Morgan fingerprint density at radius 2 is 1.84 bits per heavy atom. The molecule has 0 saturated carbocycles. The van der Waals surface area contributed by atoms with Crippen LogP contribution in [0.5, 0.6) is 5.75 Å². The van der Waals surface area contributed by atoms with E-state index >= 15 is 0 Å². The van der Waals surface area contributed by atoms with Crippen LogP contribution in [-0.2, 0) is 11.3 Å². The summed E-state index contributed by atoms with van der Waals surface area (Å²) in [5.41, 5.74) is 2.63. The molecule has 0 atom stereocenters. The van der Waals surface area contributed by atoms with Crippen LogP contribution in [0.3, 0.4) is 0 Å². The highest BCUT2D eigenvalue weighted by molar-refractivity contribution is 5.82. The summed E-state index contributed by atoms with van der Waals surface area (Å²) in [5.74, 6) is 1.72. The molecule has 0 unspecified atom stereocenters. The fourth-order valence-electron chi connectivity index (χ4n) is 3.08. The Kier molecular flexibility index (Phi) is 8.38. The van der Waals surface area contributed by atoms with E-state index in [1.165, 1.54) is 0 Å². The maximum absolute atomic E-state index is 12.7. The first kappa shape index (κ1) is 25.3. The average Bonchev–Trinajstić information content (AvgIpc) is 3.14. The predicted molar refractivity (Wildman–Crippen MR) is 125 cm³/mol. The Labute approximate surface area is 200 Å². The van der Waals surface area contributed by atoms with Gasteiger partial charge < -0.3 is 26.6 Å². The van der Waals surface area contributed by atoms with Crippen LogP contribution in [-0.4, -0.2) is 37.9 Å². The van der Waals surface area contributed by atoms with Crippen LogP contribution in [0.15, 0.2) is 66.0 Å². The minimum absolute atomic E-state index is 0. The van der Waals surface area contributed by atoms with Crippen LogP contribution in [0.25, 0.3) is 11.4 Å². The molecule has 170 valence electrons. The van der Waals surface area contributed by atoms with Crippen molar-refractivity contribution in [3.63, 3.8) is 0 Å². The van der Waals surface area contributed by atoms with Crippen LogP contribution >= 0.6 is 0 Å². The van der Waals surface area contributed by atoms with Gasteiger partial charge in [-0.05, 0) is 35.9 Å². The van der Waals surface area contributed by atoms with E-state index in [-0.39, 0.29) is 29.3 Å². The number of Topliss-reactive ketones (excluding diaryl/α,β-unsaturated/α-hetero) is 1. The van der Waals surface area contributed by atoms with Gasteiger partial charge in [-0.15, -0.1) is 4.68 Å². The zero-order chi connectivity index (χ0) is 22.6. The van der Waals surface area contributed by atoms with Crippen molar-refractivity contribution in [1.29, 1.82) is 0 Å². The highest BCUT2D eigenvalue weighted by atomic mass is 79.9. The number of rotatable bonds is 7. The first-order valence-corrected chi connectivity index (χ1v) is 10.3. The molecular weight excluding hydrogens is 468 g/mol. The van der Waals surface area contributed by atoms with Gasteiger partial charge in [-0.3, -0.25) is 4.79 Å². The Hall–Kier alpha value is -2.93. The summed E-state index contributed by atoms with van der Waals surface area (Å²) in [6.45, 7) is 6.09. The van der Waals surface area contributed by atoms with Crippen LogP contribution in [0.2, 0.25) is 0 Å². The molecule has 0 saturated heterocycles. The molecule has 6 nitrogen and oxygen atoms in total. The van der Waals surface area contributed by atoms with E-state index in [2.05, 4.69) is 22.1 Å². The van der Waals surface area contributed by atoms with Gasteiger partial charge in [0.15, 0.2) is 12.0 Å². The molecule has 0 aliphatic rings. The quantitative estimate of drug-likeness (QED) is 0.361. The number of nitrogens with zero attached hydrogens (tertiary/aromatic N) is 4. The van der Waals surface area contributed by atoms with Gasteiger partial charge in [-0.25, -0.2) is 4.57 Å². The molecule has 0 N–H and O–H groups in total. The Bertz CT molecular complexity index is 1080. The van der Waals surface area contributed by atoms with E-state index in [4.69, 9.17) is 4.74 Å². The number of carbonyl (C=O) groups excluding carboxylic acids is 1.